The van der Waals surface area contributed by atoms with Crippen molar-refractivity contribution in [1.82, 2.24) is 4.98 Å². The molecule has 2 aromatic rings. The number of ether oxygens (including phenoxy) is 2. The van der Waals surface area contributed by atoms with Gasteiger partial charge in [-0.15, -0.1) is 0 Å². The van der Waals surface area contributed by atoms with Crippen LogP contribution in [0.3, 0.4) is 0 Å². The number of hydrogen-bond acceptors (Lipinski definition) is 4. The zero-order valence-electron chi connectivity index (χ0n) is 16.0. The van der Waals surface area contributed by atoms with Crippen molar-refractivity contribution in [2.24, 2.45) is 0 Å². The minimum atomic E-state index is -0.711. The van der Waals surface area contributed by atoms with Crippen LogP contribution in [0.15, 0.2) is 28.9 Å². The predicted molar refractivity (Wildman–Crippen MR) is 112 cm³/mol. The van der Waals surface area contributed by atoms with Gasteiger partial charge in [0.25, 0.3) is 0 Å². The molecule has 9 heteroatoms. The largest absolute Gasteiger partial charge is 0.482 e. The molecule has 5 nitrogen and oxygen atoms in total. The molecule has 0 saturated carbocycles. The van der Waals surface area contributed by atoms with Gasteiger partial charge in [-0.05, 0) is 61.8 Å². The van der Waals surface area contributed by atoms with Crippen LogP contribution in [0.4, 0.5) is 15.0 Å². The van der Waals surface area contributed by atoms with Crippen molar-refractivity contribution in [3.63, 3.8) is 0 Å². The summed E-state index contributed by atoms with van der Waals surface area (Å²) >= 11 is 15.6. The Morgan fingerprint density at radius 1 is 1.32 bits per heavy atom. The number of rotatable bonds is 4. The SMILES string of the molecule is CC(Oc1cc(Br)cnc1N(C)C(=O)OC(C)(C)C)c1c(Cl)ccc(F)c1Cl. The average molecular weight is 494 g/mol. The molecular formula is C19H20BrCl2FN2O3. The molecule has 1 aromatic carbocycles. The highest BCUT2D eigenvalue weighted by atomic mass is 79.9. The molecule has 1 atom stereocenters. The first-order valence-corrected chi connectivity index (χ1v) is 9.88. The topological polar surface area (TPSA) is 51.7 Å². The second-order valence-electron chi connectivity index (χ2n) is 7.03. The van der Waals surface area contributed by atoms with Gasteiger partial charge >= 0.3 is 6.09 Å². The van der Waals surface area contributed by atoms with Crippen molar-refractivity contribution < 1.29 is 18.7 Å². The first kappa shape index (κ1) is 22.7. The smallest absolute Gasteiger partial charge is 0.415 e. The minimum absolute atomic E-state index is 0.120. The van der Waals surface area contributed by atoms with Gasteiger partial charge in [0.2, 0.25) is 0 Å². The number of benzene rings is 1. The molecule has 0 spiro atoms. The van der Waals surface area contributed by atoms with E-state index in [1.165, 1.54) is 30.3 Å². The zero-order valence-corrected chi connectivity index (χ0v) is 19.1. The van der Waals surface area contributed by atoms with Crippen molar-refractivity contribution in [3.05, 3.63) is 50.3 Å². The van der Waals surface area contributed by atoms with Gasteiger partial charge in [-0.25, -0.2) is 14.2 Å². The maximum atomic E-state index is 13.9. The maximum absolute atomic E-state index is 13.9. The summed E-state index contributed by atoms with van der Waals surface area (Å²) in [5.74, 6) is -0.102. The molecule has 2 rings (SSSR count). The van der Waals surface area contributed by atoms with Crippen LogP contribution in [0.2, 0.25) is 10.0 Å². The first-order valence-electron chi connectivity index (χ1n) is 8.33. The van der Waals surface area contributed by atoms with E-state index < -0.39 is 23.6 Å². The molecule has 0 radical (unpaired) electrons. The van der Waals surface area contributed by atoms with Crippen molar-refractivity contribution >= 4 is 51.0 Å². The molecule has 0 aliphatic heterocycles. The highest BCUT2D eigenvalue weighted by molar-refractivity contribution is 9.10. The second kappa shape index (κ2) is 8.84. The first-order chi connectivity index (χ1) is 12.9. The van der Waals surface area contributed by atoms with E-state index in [0.29, 0.717) is 10.0 Å². The van der Waals surface area contributed by atoms with Gasteiger partial charge in [0.05, 0.1) is 5.02 Å². The van der Waals surface area contributed by atoms with Gasteiger partial charge in [0, 0.05) is 28.3 Å². The number of aromatic nitrogens is 1. The highest BCUT2D eigenvalue weighted by Gasteiger charge is 2.26. The summed E-state index contributed by atoms with van der Waals surface area (Å²) < 4.78 is 25.8. The van der Waals surface area contributed by atoms with E-state index in [0.717, 1.165) is 0 Å². The predicted octanol–water partition coefficient (Wildman–Crippen LogP) is 6.80. The average Bonchev–Trinajstić information content (AvgIpc) is 2.56. The quantitative estimate of drug-likeness (QED) is 0.439. The number of halogens is 4. The van der Waals surface area contributed by atoms with E-state index in [1.807, 2.05) is 0 Å². The number of amides is 1. The number of nitrogens with zero attached hydrogens (tertiary/aromatic N) is 2. The number of pyridine rings is 1. The fourth-order valence-electron chi connectivity index (χ4n) is 2.33. The molecule has 0 aliphatic rings. The number of anilines is 1. The van der Waals surface area contributed by atoms with E-state index in [2.05, 4.69) is 20.9 Å². The summed E-state index contributed by atoms with van der Waals surface area (Å²) in [6, 6.07) is 4.23. The standard InChI is InChI=1S/C19H20BrCl2FN2O3/c1-10(15-12(21)6-7-13(23)16(15)22)27-14-8-11(20)9-24-17(14)25(5)18(26)28-19(2,3)4/h6-10H,1-5H3. The van der Waals surface area contributed by atoms with Gasteiger partial charge in [-0.1, -0.05) is 23.2 Å². The third-order valence-electron chi connectivity index (χ3n) is 3.57. The summed E-state index contributed by atoms with van der Waals surface area (Å²) in [5.41, 5.74) is -0.369. The Balaban J connectivity index is 2.38. The third-order valence-corrected chi connectivity index (χ3v) is 4.72. The van der Waals surface area contributed by atoms with Crippen molar-refractivity contribution in [2.75, 3.05) is 11.9 Å². The summed E-state index contributed by atoms with van der Waals surface area (Å²) in [5, 5.41) is 0.147. The Labute approximate surface area is 181 Å². The lowest BCUT2D eigenvalue weighted by molar-refractivity contribution is 0.0586. The maximum Gasteiger partial charge on any atom is 0.415 e. The van der Waals surface area contributed by atoms with Crippen LogP contribution in [-0.4, -0.2) is 23.7 Å². The lowest BCUT2D eigenvalue weighted by atomic mass is 10.1. The molecule has 0 fully saturated rings. The van der Waals surface area contributed by atoms with Crippen LogP contribution in [0.25, 0.3) is 0 Å². The molecule has 1 unspecified atom stereocenters. The molecule has 0 saturated heterocycles. The molecule has 1 aromatic heterocycles. The van der Waals surface area contributed by atoms with Crippen LogP contribution in [0, 0.1) is 5.82 Å². The van der Waals surface area contributed by atoms with Gasteiger partial charge in [-0.2, -0.15) is 0 Å². The van der Waals surface area contributed by atoms with Crippen molar-refractivity contribution in [2.45, 2.75) is 39.4 Å². The monoisotopic (exact) mass is 492 g/mol. The molecule has 152 valence electrons. The van der Waals surface area contributed by atoms with E-state index in [9.17, 15) is 9.18 Å². The minimum Gasteiger partial charge on any atom is -0.482 e. The number of hydrogen-bond donors (Lipinski definition) is 0. The van der Waals surface area contributed by atoms with E-state index in [1.54, 1.807) is 33.8 Å². The molecule has 28 heavy (non-hydrogen) atoms. The van der Waals surface area contributed by atoms with Crippen LogP contribution in [-0.2, 0) is 4.74 Å². The highest BCUT2D eigenvalue weighted by Crippen LogP contribution is 2.38. The summed E-state index contributed by atoms with van der Waals surface area (Å²) in [4.78, 5) is 17.9. The summed E-state index contributed by atoms with van der Waals surface area (Å²) in [7, 11) is 1.52. The lowest BCUT2D eigenvalue weighted by Gasteiger charge is -2.26. The summed E-state index contributed by atoms with van der Waals surface area (Å²) in [6.45, 7) is 6.97. The molecule has 0 N–H and O–H groups in total. The second-order valence-corrected chi connectivity index (χ2v) is 8.73. The van der Waals surface area contributed by atoms with Crippen LogP contribution < -0.4 is 9.64 Å². The Hall–Kier alpha value is -1.57. The Kier molecular flexibility index (Phi) is 7.17. The van der Waals surface area contributed by atoms with E-state index in [-0.39, 0.29) is 21.6 Å². The van der Waals surface area contributed by atoms with Crippen molar-refractivity contribution in [1.29, 1.82) is 0 Å². The Morgan fingerprint density at radius 2 is 1.96 bits per heavy atom. The Bertz CT molecular complexity index is 890. The summed E-state index contributed by atoms with van der Waals surface area (Å²) in [6.07, 6.45) is 0.217. The van der Waals surface area contributed by atoms with Gasteiger partial charge in [0.15, 0.2) is 11.6 Å². The third kappa shape index (κ3) is 5.49. The zero-order chi connectivity index (χ0) is 21.2. The molecule has 0 bridgehead atoms. The normalized spacial score (nSPS) is 12.5. The molecule has 1 heterocycles. The van der Waals surface area contributed by atoms with E-state index >= 15 is 0 Å². The van der Waals surface area contributed by atoms with Crippen LogP contribution >= 0.6 is 39.1 Å². The number of carbonyl (C=O) groups excluding carboxylic acids is 1. The molecule has 0 aliphatic carbocycles. The molecular weight excluding hydrogens is 474 g/mol. The van der Waals surface area contributed by atoms with Gasteiger partial charge in [-0.3, -0.25) is 4.90 Å². The van der Waals surface area contributed by atoms with Crippen LogP contribution in [0.1, 0.15) is 39.4 Å². The fourth-order valence-corrected chi connectivity index (χ4v) is 3.32. The van der Waals surface area contributed by atoms with E-state index in [4.69, 9.17) is 32.7 Å². The van der Waals surface area contributed by atoms with Crippen molar-refractivity contribution in [3.8, 4) is 5.75 Å². The van der Waals surface area contributed by atoms with Gasteiger partial charge in [0.1, 0.15) is 17.5 Å². The Morgan fingerprint density at radius 3 is 2.57 bits per heavy atom. The fraction of sp³-hybridized carbons (Fsp3) is 0.368. The lowest BCUT2D eigenvalue weighted by Crippen LogP contribution is -2.34. The molecule has 1 amide bonds. The number of carbonyl (C=O) groups is 1. The van der Waals surface area contributed by atoms with Gasteiger partial charge < -0.3 is 9.47 Å². The van der Waals surface area contributed by atoms with Crippen LogP contribution in [0.5, 0.6) is 5.75 Å².